The molecule has 1 heterocycles. The van der Waals surface area contributed by atoms with E-state index in [1.165, 1.54) is 5.56 Å². The summed E-state index contributed by atoms with van der Waals surface area (Å²) < 4.78 is 6.33. The number of benzene rings is 2. The molecule has 2 aromatic rings. The third-order valence-electron chi connectivity index (χ3n) is 5.68. The van der Waals surface area contributed by atoms with Crippen molar-refractivity contribution in [2.45, 2.75) is 65.0 Å². The molecule has 0 unspecified atom stereocenters. The molecule has 0 saturated heterocycles. The molecular formula is C23H29NO2. The van der Waals surface area contributed by atoms with Crippen LogP contribution in [0.5, 0.6) is 5.75 Å². The lowest BCUT2D eigenvalue weighted by Gasteiger charge is -2.41. The fourth-order valence-corrected chi connectivity index (χ4v) is 3.84. The zero-order valence-electron chi connectivity index (χ0n) is 16.3. The van der Waals surface area contributed by atoms with Crippen LogP contribution in [0.1, 0.15) is 61.4 Å². The standard InChI is InChI=1S/C23H29NO2/c1-5-23(6-2)15-20(19-9-7-8-10-21(19)26-23)24-22(25)14-18-13-16(3)11-12-17(18)4/h7-13,20H,5-6,14-15H2,1-4H3,(H,24,25)/t20-/m1/s1. The Labute approximate surface area is 156 Å². The van der Waals surface area contributed by atoms with Gasteiger partial charge >= 0.3 is 0 Å². The number of nitrogens with one attached hydrogen (secondary N) is 1. The van der Waals surface area contributed by atoms with Gasteiger partial charge in [-0.25, -0.2) is 0 Å². The van der Waals surface area contributed by atoms with Crippen molar-refractivity contribution in [3.8, 4) is 5.75 Å². The second-order valence-electron chi connectivity index (χ2n) is 7.46. The summed E-state index contributed by atoms with van der Waals surface area (Å²) in [7, 11) is 0. The van der Waals surface area contributed by atoms with E-state index in [1.54, 1.807) is 0 Å². The first-order valence-electron chi connectivity index (χ1n) is 9.60. The predicted octanol–water partition coefficient (Wildman–Crippen LogP) is 5.04. The number of fused-ring (bicyclic) bond motifs is 1. The van der Waals surface area contributed by atoms with Crippen LogP contribution in [0.2, 0.25) is 0 Å². The van der Waals surface area contributed by atoms with Gasteiger partial charge in [0.05, 0.1) is 12.5 Å². The van der Waals surface area contributed by atoms with Crippen molar-refractivity contribution in [2.24, 2.45) is 0 Å². The van der Waals surface area contributed by atoms with Crippen LogP contribution in [-0.4, -0.2) is 11.5 Å². The van der Waals surface area contributed by atoms with Gasteiger partial charge in [0.15, 0.2) is 0 Å². The zero-order chi connectivity index (χ0) is 18.7. The molecule has 3 nitrogen and oxygen atoms in total. The summed E-state index contributed by atoms with van der Waals surface area (Å²) >= 11 is 0. The predicted molar refractivity (Wildman–Crippen MR) is 106 cm³/mol. The fourth-order valence-electron chi connectivity index (χ4n) is 3.84. The van der Waals surface area contributed by atoms with Crippen LogP contribution in [0.4, 0.5) is 0 Å². The van der Waals surface area contributed by atoms with Crippen LogP contribution in [0.3, 0.4) is 0 Å². The molecule has 0 fully saturated rings. The van der Waals surface area contributed by atoms with Gasteiger partial charge in [0.2, 0.25) is 5.91 Å². The molecule has 2 aromatic carbocycles. The lowest BCUT2D eigenvalue weighted by atomic mass is 9.83. The Balaban J connectivity index is 1.81. The molecule has 0 spiro atoms. The van der Waals surface area contributed by atoms with Gasteiger partial charge in [0.1, 0.15) is 11.4 Å². The number of hydrogen-bond acceptors (Lipinski definition) is 2. The number of aryl methyl sites for hydroxylation is 2. The molecule has 1 aliphatic heterocycles. The number of rotatable bonds is 5. The average molecular weight is 351 g/mol. The van der Waals surface area contributed by atoms with Crippen LogP contribution in [0.15, 0.2) is 42.5 Å². The Kier molecular flexibility index (Phi) is 5.36. The highest BCUT2D eigenvalue weighted by Crippen LogP contribution is 2.42. The number of para-hydroxylation sites is 1. The second kappa shape index (κ2) is 7.53. The van der Waals surface area contributed by atoms with Gasteiger partial charge in [-0.05, 0) is 43.9 Å². The molecule has 0 bridgehead atoms. The van der Waals surface area contributed by atoms with E-state index in [4.69, 9.17) is 4.74 Å². The van der Waals surface area contributed by atoms with E-state index < -0.39 is 0 Å². The summed E-state index contributed by atoms with van der Waals surface area (Å²) in [6, 6.07) is 14.4. The summed E-state index contributed by atoms with van der Waals surface area (Å²) in [5.74, 6) is 0.973. The summed E-state index contributed by atoms with van der Waals surface area (Å²) in [4.78, 5) is 12.8. The highest BCUT2D eigenvalue weighted by molar-refractivity contribution is 5.79. The van der Waals surface area contributed by atoms with E-state index in [0.717, 1.165) is 41.7 Å². The highest BCUT2D eigenvalue weighted by Gasteiger charge is 2.38. The molecule has 1 aliphatic rings. The van der Waals surface area contributed by atoms with Gasteiger partial charge in [-0.15, -0.1) is 0 Å². The molecule has 1 N–H and O–H groups in total. The molecule has 1 amide bonds. The summed E-state index contributed by atoms with van der Waals surface area (Å²) in [5.41, 5.74) is 4.32. The van der Waals surface area contributed by atoms with Crippen molar-refractivity contribution < 1.29 is 9.53 Å². The van der Waals surface area contributed by atoms with Crippen LogP contribution < -0.4 is 10.1 Å². The van der Waals surface area contributed by atoms with Gasteiger partial charge in [-0.1, -0.05) is 55.8 Å². The zero-order valence-corrected chi connectivity index (χ0v) is 16.3. The Bertz CT molecular complexity index is 793. The van der Waals surface area contributed by atoms with Crippen LogP contribution >= 0.6 is 0 Å². The first kappa shape index (κ1) is 18.5. The van der Waals surface area contributed by atoms with E-state index in [2.05, 4.69) is 57.3 Å². The summed E-state index contributed by atoms with van der Waals surface area (Å²) in [6.07, 6.45) is 3.09. The Hall–Kier alpha value is -2.29. The second-order valence-corrected chi connectivity index (χ2v) is 7.46. The molecule has 0 aliphatic carbocycles. The van der Waals surface area contributed by atoms with Crippen molar-refractivity contribution in [1.29, 1.82) is 0 Å². The van der Waals surface area contributed by atoms with Crippen molar-refractivity contribution in [2.75, 3.05) is 0 Å². The van der Waals surface area contributed by atoms with Crippen molar-refractivity contribution >= 4 is 5.91 Å². The minimum absolute atomic E-state index is 0.00235. The largest absolute Gasteiger partial charge is 0.487 e. The number of hydrogen-bond donors (Lipinski definition) is 1. The highest BCUT2D eigenvalue weighted by atomic mass is 16.5. The number of amides is 1. The molecule has 1 atom stereocenters. The Morgan fingerprint density at radius 3 is 2.62 bits per heavy atom. The van der Waals surface area contributed by atoms with Gasteiger partial charge in [0, 0.05) is 12.0 Å². The maximum atomic E-state index is 12.8. The smallest absolute Gasteiger partial charge is 0.224 e. The van der Waals surface area contributed by atoms with Crippen LogP contribution in [0.25, 0.3) is 0 Å². The molecule has 0 saturated carbocycles. The molecule has 3 rings (SSSR count). The van der Waals surface area contributed by atoms with Gasteiger partial charge < -0.3 is 10.1 Å². The van der Waals surface area contributed by atoms with E-state index in [0.29, 0.717) is 6.42 Å². The van der Waals surface area contributed by atoms with Crippen molar-refractivity contribution in [1.82, 2.24) is 5.32 Å². The molecule has 138 valence electrons. The van der Waals surface area contributed by atoms with Gasteiger partial charge in [0.25, 0.3) is 0 Å². The number of carbonyl (C=O) groups is 1. The molecule has 0 aromatic heterocycles. The normalized spacial score (nSPS) is 17.9. The third kappa shape index (κ3) is 3.77. The van der Waals surface area contributed by atoms with Crippen LogP contribution in [0, 0.1) is 13.8 Å². The van der Waals surface area contributed by atoms with Crippen LogP contribution in [-0.2, 0) is 11.2 Å². The molecule has 26 heavy (non-hydrogen) atoms. The SMILES string of the molecule is CCC1(CC)C[C@@H](NC(=O)Cc2cc(C)ccc2C)c2ccccc2O1. The summed E-state index contributed by atoms with van der Waals surface area (Å²) in [5, 5.41) is 3.27. The topological polar surface area (TPSA) is 38.3 Å². The minimum Gasteiger partial charge on any atom is -0.487 e. The molecular weight excluding hydrogens is 322 g/mol. The number of carbonyl (C=O) groups excluding carboxylic acids is 1. The van der Waals surface area contributed by atoms with Crippen molar-refractivity contribution in [3.05, 3.63) is 64.7 Å². The quantitative estimate of drug-likeness (QED) is 0.819. The maximum absolute atomic E-state index is 12.8. The van der Waals surface area contributed by atoms with Gasteiger partial charge in [-0.2, -0.15) is 0 Å². The first-order valence-corrected chi connectivity index (χ1v) is 9.60. The van der Waals surface area contributed by atoms with E-state index in [-0.39, 0.29) is 17.6 Å². The molecule has 3 heteroatoms. The lowest BCUT2D eigenvalue weighted by Crippen LogP contribution is -2.44. The average Bonchev–Trinajstić information content (AvgIpc) is 2.64. The third-order valence-corrected chi connectivity index (χ3v) is 5.68. The monoisotopic (exact) mass is 351 g/mol. The maximum Gasteiger partial charge on any atom is 0.224 e. The number of ether oxygens (including phenoxy) is 1. The molecule has 0 radical (unpaired) electrons. The van der Waals surface area contributed by atoms with E-state index >= 15 is 0 Å². The Morgan fingerprint density at radius 2 is 1.88 bits per heavy atom. The fraction of sp³-hybridized carbons (Fsp3) is 0.435. The van der Waals surface area contributed by atoms with Crippen molar-refractivity contribution in [3.63, 3.8) is 0 Å². The summed E-state index contributed by atoms with van der Waals surface area (Å²) in [6.45, 7) is 8.44. The Morgan fingerprint density at radius 1 is 1.15 bits per heavy atom. The lowest BCUT2D eigenvalue weighted by molar-refractivity contribution is -0.121. The minimum atomic E-state index is -0.203. The van der Waals surface area contributed by atoms with Gasteiger partial charge in [-0.3, -0.25) is 4.79 Å². The first-order chi connectivity index (χ1) is 12.5. The van der Waals surface area contributed by atoms with E-state index in [1.807, 2.05) is 18.2 Å². The van der Waals surface area contributed by atoms with E-state index in [9.17, 15) is 4.79 Å².